The minimum Gasteiger partial charge on any atom is -0.508 e. The lowest BCUT2D eigenvalue weighted by Gasteiger charge is -2.49. The SMILES string of the molecule is COC/C=C\C1=C(C(=O)OC(c2ccccc2)c2ccccc2)N2C(=O)[C@@H](NC(=O)C(NC(=O)OC(C)(C)C)c3ccc(O)cc3)[C@H]2SC1. The highest BCUT2D eigenvalue weighted by Gasteiger charge is 2.55. The van der Waals surface area contributed by atoms with Gasteiger partial charge < -0.3 is 30.0 Å². The molecule has 3 atom stereocenters. The zero-order valence-corrected chi connectivity index (χ0v) is 28.4. The van der Waals surface area contributed by atoms with E-state index in [1.54, 1.807) is 40.0 Å². The molecule has 1 unspecified atom stereocenters. The van der Waals surface area contributed by atoms with E-state index in [4.69, 9.17) is 14.2 Å². The van der Waals surface area contributed by atoms with Crippen LogP contribution in [0.5, 0.6) is 5.75 Å². The number of nitrogens with one attached hydrogen (secondary N) is 2. The topological polar surface area (TPSA) is 144 Å². The number of nitrogens with zero attached hydrogens (tertiary/aromatic N) is 1. The minimum atomic E-state index is -1.24. The molecule has 256 valence electrons. The largest absolute Gasteiger partial charge is 0.508 e. The van der Waals surface area contributed by atoms with Gasteiger partial charge >= 0.3 is 12.1 Å². The summed E-state index contributed by atoms with van der Waals surface area (Å²) in [5.41, 5.74) is 1.73. The Balaban J connectivity index is 1.40. The predicted octanol–water partition coefficient (Wildman–Crippen LogP) is 5.15. The molecule has 1 fully saturated rings. The Morgan fingerprint density at radius 2 is 1.57 bits per heavy atom. The molecule has 0 bridgehead atoms. The number of aromatic hydroxyl groups is 1. The van der Waals surface area contributed by atoms with Crippen LogP contribution in [0.1, 0.15) is 49.6 Å². The van der Waals surface area contributed by atoms with Crippen LogP contribution in [0.4, 0.5) is 4.79 Å². The number of benzene rings is 3. The molecule has 1 saturated heterocycles. The van der Waals surface area contributed by atoms with Crippen LogP contribution in [0.25, 0.3) is 0 Å². The fraction of sp³-hybridized carbons (Fsp3) is 0.297. The fourth-order valence-electron chi connectivity index (χ4n) is 5.42. The van der Waals surface area contributed by atoms with Crippen molar-refractivity contribution in [3.63, 3.8) is 0 Å². The number of rotatable bonds is 11. The van der Waals surface area contributed by atoms with E-state index in [1.165, 1.54) is 40.9 Å². The van der Waals surface area contributed by atoms with E-state index >= 15 is 0 Å². The monoisotopic (exact) mass is 685 g/mol. The second kappa shape index (κ2) is 15.4. The van der Waals surface area contributed by atoms with Gasteiger partial charge in [0, 0.05) is 12.9 Å². The molecule has 3 aromatic rings. The number of amides is 3. The van der Waals surface area contributed by atoms with Gasteiger partial charge in [0.05, 0.1) is 6.61 Å². The Kier molecular flexibility index (Phi) is 11.1. The molecule has 0 aromatic heterocycles. The van der Waals surface area contributed by atoms with Crippen molar-refractivity contribution in [1.29, 1.82) is 0 Å². The van der Waals surface area contributed by atoms with Gasteiger partial charge in [-0.3, -0.25) is 14.5 Å². The molecule has 3 amide bonds. The number of β-lactam (4-membered cyclic amide) rings is 1. The third kappa shape index (κ3) is 8.51. The summed E-state index contributed by atoms with van der Waals surface area (Å²) in [4.78, 5) is 55.7. The molecular weight excluding hydrogens is 646 g/mol. The second-order valence-corrected chi connectivity index (χ2v) is 13.5. The fourth-order valence-corrected chi connectivity index (χ4v) is 6.74. The van der Waals surface area contributed by atoms with Crippen molar-refractivity contribution in [2.45, 2.75) is 49.9 Å². The number of allylic oxidation sites excluding steroid dienone is 1. The molecule has 0 aliphatic carbocycles. The first kappa shape index (κ1) is 35.2. The summed E-state index contributed by atoms with van der Waals surface area (Å²) in [5, 5.41) is 14.5. The van der Waals surface area contributed by atoms with Crippen molar-refractivity contribution in [1.82, 2.24) is 15.5 Å². The van der Waals surface area contributed by atoms with Crippen LogP contribution in [0.15, 0.2) is 108 Å². The van der Waals surface area contributed by atoms with Gasteiger partial charge in [-0.1, -0.05) is 84.9 Å². The number of methoxy groups -OCH3 is 1. The van der Waals surface area contributed by atoms with E-state index < -0.39 is 53.0 Å². The van der Waals surface area contributed by atoms with Crippen molar-refractivity contribution >= 4 is 35.6 Å². The molecule has 12 heteroatoms. The summed E-state index contributed by atoms with van der Waals surface area (Å²) in [7, 11) is 1.55. The van der Waals surface area contributed by atoms with Crippen LogP contribution in [0.2, 0.25) is 0 Å². The molecule has 49 heavy (non-hydrogen) atoms. The molecular formula is C37H39N3O8S. The number of alkyl carbamates (subject to hydrolysis) is 1. The number of phenolic OH excluding ortho intramolecular Hbond substituents is 1. The number of fused-ring (bicyclic) bond motifs is 1. The third-order valence-corrected chi connectivity index (χ3v) is 8.95. The number of phenols is 1. The van der Waals surface area contributed by atoms with Gasteiger partial charge in [-0.05, 0) is 55.2 Å². The number of ether oxygens (including phenoxy) is 3. The zero-order valence-electron chi connectivity index (χ0n) is 27.6. The lowest BCUT2D eigenvalue weighted by Crippen LogP contribution is -2.71. The molecule has 2 aliphatic rings. The van der Waals surface area contributed by atoms with Crippen molar-refractivity contribution in [3.05, 3.63) is 125 Å². The normalized spacial score (nSPS) is 18.1. The van der Waals surface area contributed by atoms with Crippen LogP contribution in [0, 0.1) is 0 Å². The van der Waals surface area contributed by atoms with Gasteiger partial charge in [0.2, 0.25) is 5.91 Å². The first-order valence-corrected chi connectivity index (χ1v) is 16.7. The van der Waals surface area contributed by atoms with E-state index in [0.29, 0.717) is 23.5 Å². The van der Waals surface area contributed by atoms with E-state index in [2.05, 4.69) is 10.6 Å². The maximum Gasteiger partial charge on any atom is 0.408 e. The van der Waals surface area contributed by atoms with Crippen LogP contribution in [0.3, 0.4) is 0 Å². The summed E-state index contributed by atoms with van der Waals surface area (Å²) in [5.74, 6) is -1.53. The highest BCUT2D eigenvalue weighted by Crippen LogP contribution is 2.42. The summed E-state index contributed by atoms with van der Waals surface area (Å²) in [6.45, 7) is 5.38. The van der Waals surface area contributed by atoms with Crippen molar-refractivity contribution in [2.75, 3.05) is 19.5 Å². The number of esters is 1. The third-order valence-electron chi connectivity index (χ3n) is 7.65. The molecule has 3 N–H and O–H groups in total. The van der Waals surface area contributed by atoms with Crippen LogP contribution in [-0.4, -0.2) is 70.4 Å². The second-order valence-electron chi connectivity index (χ2n) is 12.4. The Morgan fingerprint density at radius 1 is 0.959 bits per heavy atom. The smallest absolute Gasteiger partial charge is 0.408 e. The van der Waals surface area contributed by atoms with E-state index in [-0.39, 0.29) is 11.4 Å². The molecule has 2 aliphatic heterocycles. The van der Waals surface area contributed by atoms with Gasteiger partial charge in [0.1, 0.15) is 34.5 Å². The lowest BCUT2D eigenvalue weighted by atomic mass is 9.99. The highest BCUT2D eigenvalue weighted by atomic mass is 32.2. The molecule has 11 nitrogen and oxygen atoms in total. The highest BCUT2D eigenvalue weighted by molar-refractivity contribution is 8.00. The zero-order chi connectivity index (χ0) is 35.1. The van der Waals surface area contributed by atoms with Gasteiger partial charge in [0.25, 0.3) is 5.91 Å². The van der Waals surface area contributed by atoms with Crippen LogP contribution in [-0.2, 0) is 28.6 Å². The Bertz CT molecular complexity index is 1680. The van der Waals surface area contributed by atoms with Gasteiger partial charge in [-0.2, -0.15) is 0 Å². The van der Waals surface area contributed by atoms with Gasteiger partial charge in [-0.25, -0.2) is 9.59 Å². The van der Waals surface area contributed by atoms with Gasteiger partial charge in [0.15, 0.2) is 6.10 Å². The summed E-state index contributed by atoms with van der Waals surface area (Å²) in [6, 6.07) is 22.2. The molecule has 2 heterocycles. The standard InChI is InChI=1S/C37H39N3O8S/c1-37(2,3)48-36(45)39-28(23-17-19-27(41)20-18-23)32(42)38-29-33(43)40-30(26(16-11-21-46-4)22-49-34(29)40)35(44)47-31(24-12-7-5-8-13-24)25-14-9-6-10-15-25/h5-20,28-29,31,34,41H,21-22H2,1-4H3,(H,38,42)(H,39,45)/b16-11-/t28?,29-,34-/m1/s1. The minimum absolute atomic E-state index is 0.0214. The number of carbonyl (C=O) groups is 4. The number of hydrogen-bond acceptors (Lipinski definition) is 9. The van der Waals surface area contributed by atoms with Crippen molar-refractivity contribution in [2.24, 2.45) is 0 Å². The van der Waals surface area contributed by atoms with Crippen LogP contribution >= 0.6 is 11.8 Å². The van der Waals surface area contributed by atoms with E-state index in [0.717, 1.165) is 11.1 Å². The average Bonchev–Trinajstić information content (AvgIpc) is 3.08. The maximum absolute atomic E-state index is 14.1. The Morgan fingerprint density at radius 3 is 2.14 bits per heavy atom. The van der Waals surface area contributed by atoms with Crippen molar-refractivity contribution in [3.8, 4) is 5.75 Å². The van der Waals surface area contributed by atoms with E-state index in [9.17, 15) is 24.3 Å². The Hall–Kier alpha value is -5.07. The number of hydrogen-bond donors (Lipinski definition) is 3. The van der Waals surface area contributed by atoms with Crippen molar-refractivity contribution < 1.29 is 38.5 Å². The summed E-state index contributed by atoms with van der Waals surface area (Å²) >= 11 is 1.38. The molecule has 5 rings (SSSR count). The summed E-state index contributed by atoms with van der Waals surface area (Å²) < 4.78 is 16.7. The van der Waals surface area contributed by atoms with E-state index in [1.807, 2.05) is 60.7 Å². The summed E-state index contributed by atoms with van der Waals surface area (Å²) in [6.07, 6.45) is 1.93. The average molecular weight is 686 g/mol. The van der Waals surface area contributed by atoms with Crippen LogP contribution < -0.4 is 10.6 Å². The predicted molar refractivity (Wildman–Crippen MR) is 184 cm³/mol. The molecule has 3 aromatic carbocycles. The Labute approximate surface area is 289 Å². The maximum atomic E-state index is 14.1. The number of carbonyl (C=O) groups excluding carboxylic acids is 4. The first-order valence-electron chi connectivity index (χ1n) is 15.7. The molecule has 0 saturated carbocycles. The lowest BCUT2D eigenvalue weighted by molar-refractivity contribution is -0.154. The number of thioether (sulfide) groups is 1. The quantitative estimate of drug-likeness (QED) is 0.185. The first-order chi connectivity index (χ1) is 23.5. The molecule has 0 radical (unpaired) electrons. The molecule has 0 spiro atoms. The van der Waals surface area contributed by atoms with Gasteiger partial charge in [-0.15, -0.1) is 11.8 Å².